The van der Waals surface area contributed by atoms with Crippen LogP contribution in [-0.4, -0.2) is 44.4 Å². The number of fused-ring (bicyclic) bond motifs is 1. The Morgan fingerprint density at radius 3 is 2.59 bits per heavy atom. The Bertz CT molecular complexity index is 974. The van der Waals surface area contributed by atoms with Gasteiger partial charge in [-0.25, -0.2) is 4.98 Å². The highest BCUT2D eigenvalue weighted by atomic mass is 35.5. The average molecular weight is 433 g/mol. The summed E-state index contributed by atoms with van der Waals surface area (Å²) in [5, 5.41) is 1.17. The molecular formula is C21H21ClN2O4S. The molecule has 1 aromatic heterocycles. The van der Waals surface area contributed by atoms with Gasteiger partial charge in [0, 0.05) is 17.2 Å². The molecule has 1 unspecified atom stereocenters. The van der Waals surface area contributed by atoms with E-state index in [1.807, 2.05) is 12.1 Å². The maximum Gasteiger partial charge on any atom is 0.260 e. The predicted molar refractivity (Wildman–Crippen MR) is 115 cm³/mol. The lowest BCUT2D eigenvalue weighted by atomic mass is 10.2. The van der Waals surface area contributed by atoms with Crippen LogP contribution in [0.2, 0.25) is 5.02 Å². The summed E-state index contributed by atoms with van der Waals surface area (Å²) in [6.45, 7) is 1.15. The molecule has 1 aliphatic rings. The van der Waals surface area contributed by atoms with E-state index in [1.165, 1.54) is 11.3 Å². The minimum absolute atomic E-state index is 0.0120. The lowest BCUT2D eigenvalue weighted by Crippen LogP contribution is -2.37. The first-order valence-electron chi connectivity index (χ1n) is 9.31. The number of rotatable bonds is 6. The third-order valence-electron chi connectivity index (χ3n) is 4.88. The van der Waals surface area contributed by atoms with Crippen molar-refractivity contribution in [1.82, 2.24) is 4.98 Å². The lowest BCUT2D eigenvalue weighted by molar-refractivity contribution is 0.0917. The van der Waals surface area contributed by atoms with Crippen LogP contribution in [0.15, 0.2) is 36.4 Å². The van der Waals surface area contributed by atoms with Crippen LogP contribution in [-0.2, 0) is 4.74 Å². The maximum absolute atomic E-state index is 13.4. The van der Waals surface area contributed by atoms with Crippen LogP contribution < -0.4 is 14.4 Å². The minimum Gasteiger partial charge on any atom is -0.495 e. The highest BCUT2D eigenvalue weighted by Crippen LogP contribution is 2.40. The van der Waals surface area contributed by atoms with E-state index in [0.717, 1.165) is 24.1 Å². The van der Waals surface area contributed by atoms with Gasteiger partial charge in [0.05, 0.1) is 26.9 Å². The molecular weight excluding hydrogens is 412 g/mol. The van der Waals surface area contributed by atoms with Gasteiger partial charge < -0.3 is 14.2 Å². The molecule has 4 rings (SSSR count). The Kier molecular flexibility index (Phi) is 5.89. The SMILES string of the molecule is COc1ccc(OC)c2sc(N(CC3CCCO3)C(=O)c3ccc(Cl)cc3)nc12. The highest BCUT2D eigenvalue weighted by molar-refractivity contribution is 7.22. The van der Waals surface area contributed by atoms with Crippen molar-refractivity contribution in [1.29, 1.82) is 0 Å². The van der Waals surface area contributed by atoms with E-state index in [0.29, 0.717) is 39.3 Å². The topological polar surface area (TPSA) is 60.9 Å². The summed E-state index contributed by atoms with van der Waals surface area (Å²) in [5.41, 5.74) is 1.22. The number of hydrogen-bond acceptors (Lipinski definition) is 6. The summed E-state index contributed by atoms with van der Waals surface area (Å²) in [5.74, 6) is 1.19. The van der Waals surface area contributed by atoms with Gasteiger partial charge in [-0.2, -0.15) is 0 Å². The Hall–Kier alpha value is -2.35. The first-order valence-corrected chi connectivity index (χ1v) is 10.5. The molecule has 0 radical (unpaired) electrons. The van der Waals surface area contributed by atoms with Gasteiger partial charge in [-0.3, -0.25) is 9.69 Å². The van der Waals surface area contributed by atoms with E-state index in [1.54, 1.807) is 43.4 Å². The molecule has 0 N–H and O–H groups in total. The molecule has 6 nitrogen and oxygen atoms in total. The molecule has 3 aromatic rings. The Morgan fingerprint density at radius 2 is 1.93 bits per heavy atom. The van der Waals surface area contributed by atoms with E-state index in [-0.39, 0.29) is 12.0 Å². The molecule has 1 amide bonds. The van der Waals surface area contributed by atoms with Crippen molar-refractivity contribution in [3.05, 3.63) is 47.0 Å². The second kappa shape index (κ2) is 8.57. The summed E-state index contributed by atoms with van der Waals surface area (Å²) in [6.07, 6.45) is 1.90. The standard InChI is InChI=1S/C21H21ClN2O4S/c1-26-16-9-10-17(27-2)19-18(16)23-21(29-19)24(12-15-4-3-11-28-15)20(25)13-5-7-14(22)8-6-13/h5-10,15H,3-4,11-12H2,1-2H3. The average Bonchev–Trinajstić information content (AvgIpc) is 3.41. The van der Waals surface area contributed by atoms with E-state index < -0.39 is 0 Å². The number of carbonyl (C=O) groups is 1. The van der Waals surface area contributed by atoms with E-state index in [2.05, 4.69) is 0 Å². The third-order valence-corrected chi connectivity index (χ3v) is 6.22. The molecule has 1 atom stereocenters. The zero-order chi connectivity index (χ0) is 20.4. The van der Waals surface area contributed by atoms with E-state index in [9.17, 15) is 4.79 Å². The van der Waals surface area contributed by atoms with Gasteiger partial charge in [0.15, 0.2) is 5.13 Å². The van der Waals surface area contributed by atoms with Crippen molar-refractivity contribution < 1.29 is 19.0 Å². The second-order valence-corrected chi connectivity index (χ2v) is 8.12. The Morgan fingerprint density at radius 1 is 1.21 bits per heavy atom. The maximum atomic E-state index is 13.4. The fourth-order valence-corrected chi connectivity index (χ4v) is 4.59. The number of thiazole rings is 1. The second-order valence-electron chi connectivity index (χ2n) is 6.70. The van der Waals surface area contributed by atoms with Crippen LogP contribution in [0.5, 0.6) is 11.5 Å². The molecule has 1 aliphatic heterocycles. The molecule has 29 heavy (non-hydrogen) atoms. The van der Waals surface area contributed by atoms with Gasteiger partial charge in [0.1, 0.15) is 21.7 Å². The summed E-state index contributed by atoms with van der Waals surface area (Å²) < 4.78 is 17.6. The highest BCUT2D eigenvalue weighted by Gasteiger charge is 2.28. The Balaban J connectivity index is 1.77. The molecule has 1 saturated heterocycles. The van der Waals surface area contributed by atoms with Crippen molar-refractivity contribution in [3.63, 3.8) is 0 Å². The van der Waals surface area contributed by atoms with E-state index in [4.69, 9.17) is 30.8 Å². The number of carbonyl (C=O) groups excluding carboxylic acids is 1. The quantitative estimate of drug-likeness (QED) is 0.560. The van der Waals surface area contributed by atoms with Gasteiger partial charge in [0.25, 0.3) is 5.91 Å². The number of ether oxygens (including phenoxy) is 3. The molecule has 0 spiro atoms. The number of aromatic nitrogens is 1. The van der Waals surface area contributed by atoms with Crippen molar-refractivity contribution in [2.45, 2.75) is 18.9 Å². The molecule has 2 aromatic carbocycles. The largest absolute Gasteiger partial charge is 0.495 e. The first kappa shape index (κ1) is 19.9. The smallest absolute Gasteiger partial charge is 0.260 e. The number of amides is 1. The molecule has 1 fully saturated rings. The van der Waals surface area contributed by atoms with Gasteiger partial charge in [0.2, 0.25) is 0 Å². The fraction of sp³-hybridized carbons (Fsp3) is 0.333. The lowest BCUT2D eigenvalue weighted by Gasteiger charge is -2.23. The van der Waals surface area contributed by atoms with Gasteiger partial charge in [-0.05, 0) is 49.2 Å². The van der Waals surface area contributed by atoms with Crippen LogP contribution in [0.25, 0.3) is 10.2 Å². The number of halogens is 1. The normalized spacial score (nSPS) is 16.2. The van der Waals surface area contributed by atoms with Crippen LogP contribution in [0, 0.1) is 0 Å². The van der Waals surface area contributed by atoms with Crippen molar-refractivity contribution in [2.75, 3.05) is 32.3 Å². The monoisotopic (exact) mass is 432 g/mol. The van der Waals surface area contributed by atoms with Crippen LogP contribution in [0.4, 0.5) is 5.13 Å². The summed E-state index contributed by atoms with van der Waals surface area (Å²) in [4.78, 5) is 19.8. The number of methoxy groups -OCH3 is 2. The van der Waals surface area contributed by atoms with Gasteiger partial charge in [-0.1, -0.05) is 22.9 Å². The fourth-order valence-electron chi connectivity index (χ4n) is 3.38. The molecule has 0 saturated carbocycles. The van der Waals surface area contributed by atoms with Crippen LogP contribution in [0.3, 0.4) is 0 Å². The number of anilines is 1. The molecule has 0 bridgehead atoms. The number of benzene rings is 2. The molecule has 2 heterocycles. The van der Waals surface area contributed by atoms with Gasteiger partial charge in [-0.15, -0.1) is 0 Å². The van der Waals surface area contributed by atoms with Crippen LogP contribution >= 0.6 is 22.9 Å². The van der Waals surface area contributed by atoms with Crippen molar-refractivity contribution in [2.24, 2.45) is 0 Å². The molecule has 0 aliphatic carbocycles. The predicted octanol–water partition coefficient (Wildman–Crippen LogP) is 4.79. The zero-order valence-electron chi connectivity index (χ0n) is 16.2. The third kappa shape index (κ3) is 4.03. The van der Waals surface area contributed by atoms with Crippen molar-refractivity contribution >= 4 is 44.2 Å². The summed E-state index contributed by atoms with van der Waals surface area (Å²) in [7, 11) is 3.22. The Labute approximate surface area is 178 Å². The zero-order valence-corrected chi connectivity index (χ0v) is 17.8. The molecule has 8 heteroatoms. The summed E-state index contributed by atoms with van der Waals surface area (Å²) >= 11 is 7.39. The van der Waals surface area contributed by atoms with E-state index >= 15 is 0 Å². The number of nitrogens with zero attached hydrogens (tertiary/aromatic N) is 2. The minimum atomic E-state index is -0.144. The van der Waals surface area contributed by atoms with Gasteiger partial charge >= 0.3 is 0 Å². The first-order chi connectivity index (χ1) is 14.1. The van der Waals surface area contributed by atoms with Crippen molar-refractivity contribution in [3.8, 4) is 11.5 Å². The summed E-state index contributed by atoms with van der Waals surface area (Å²) in [6, 6.07) is 10.5. The number of hydrogen-bond donors (Lipinski definition) is 0. The molecule has 152 valence electrons. The van der Waals surface area contributed by atoms with Crippen LogP contribution in [0.1, 0.15) is 23.2 Å².